The third kappa shape index (κ3) is 4.44. The molecule has 5 nitrogen and oxygen atoms in total. The average molecular weight is 266 g/mol. The van der Waals surface area contributed by atoms with Crippen molar-refractivity contribution < 1.29 is 14.3 Å². The fraction of sp³-hybridized carbons (Fsp3) is 0.500. The van der Waals surface area contributed by atoms with Crippen molar-refractivity contribution in [2.24, 2.45) is 5.73 Å². The molecule has 0 radical (unpaired) electrons. The Morgan fingerprint density at radius 2 is 2.00 bits per heavy atom. The molecule has 5 heteroatoms. The number of carbonyl (C=O) groups is 1. The van der Waals surface area contributed by atoms with Crippen LogP contribution in [0.1, 0.15) is 29.6 Å². The molecule has 0 spiro atoms. The van der Waals surface area contributed by atoms with Crippen molar-refractivity contribution in [1.82, 2.24) is 5.32 Å². The molecule has 106 valence electrons. The number of para-hydroxylation sites is 1. The molecule has 0 heterocycles. The summed E-state index contributed by atoms with van der Waals surface area (Å²) in [6.45, 7) is 1.33. The first-order valence-corrected chi connectivity index (χ1v) is 6.43. The normalized spacial score (nSPS) is 10.1. The summed E-state index contributed by atoms with van der Waals surface area (Å²) in [7, 11) is 3.07. The van der Waals surface area contributed by atoms with Gasteiger partial charge >= 0.3 is 0 Å². The van der Waals surface area contributed by atoms with E-state index in [-0.39, 0.29) is 5.91 Å². The Bertz CT molecular complexity index is 408. The molecule has 0 aliphatic rings. The van der Waals surface area contributed by atoms with Crippen LogP contribution in [0, 0.1) is 0 Å². The Labute approximate surface area is 114 Å². The van der Waals surface area contributed by atoms with Crippen LogP contribution in [-0.4, -0.2) is 33.2 Å². The van der Waals surface area contributed by atoms with Crippen LogP contribution in [0.5, 0.6) is 11.5 Å². The number of rotatable bonds is 8. The van der Waals surface area contributed by atoms with Crippen molar-refractivity contribution in [1.29, 1.82) is 0 Å². The molecule has 0 atom stereocenters. The Morgan fingerprint density at radius 3 is 2.63 bits per heavy atom. The van der Waals surface area contributed by atoms with Gasteiger partial charge in [0.15, 0.2) is 11.5 Å². The molecule has 0 fully saturated rings. The number of carbonyl (C=O) groups excluding carboxylic acids is 1. The van der Waals surface area contributed by atoms with Crippen LogP contribution in [-0.2, 0) is 0 Å². The van der Waals surface area contributed by atoms with Crippen molar-refractivity contribution in [3.63, 3.8) is 0 Å². The summed E-state index contributed by atoms with van der Waals surface area (Å²) in [6.07, 6.45) is 2.93. The van der Waals surface area contributed by atoms with Crippen molar-refractivity contribution in [2.45, 2.75) is 19.3 Å². The van der Waals surface area contributed by atoms with E-state index >= 15 is 0 Å². The fourth-order valence-corrected chi connectivity index (χ4v) is 1.81. The van der Waals surface area contributed by atoms with Crippen LogP contribution in [0.4, 0.5) is 0 Å². The molecule has 1 rings (SSSR count). The number of nitrogens with two attached hydrogens (primary N) is 1. The Hall–Kier alpha value is -1.75. The van der Waals surface area contributed by atoms with Gasteiger partial charge in [-0.1, -0.05) is 12.5 Å². The predicted molar refractivity (Wildman–Crippen MR) is 74.8 cm³/mol. The minimum absolute atomic E-state index is 0.150. The van der Waals surface area contributed by atoms with E-state index in [1.54, 1.807) is 25.3 Å². The second-order valence-electron chi connectivity index (χ2n) is 4.15. The first-order chi connectivity index (χ1) is 9.24. The molecule has 0 aliphatic carbocycles. The van der Waals surface area contributed by atoms with Gasteiger partial charge in [-0.05, 0) is 31.5 Å². The van der Waals surface area contributed by atoms with Crippen LogP contribution >= 0.6 is 0 Å². The molecule has 0 saturated carbocycles. The highest BCUT2D eigenvalue weighted by Crippen LogP contribution is 2.30. The highest BCUT2D eigenvalue weighted by molar-refractivity contribution is 5.97. The molecule has 0 aromatic heterocycles. The number of nitrogens with one attached hydrogen (secondary N) is 1. The quantitative estimate of drug-likeness (QED) is 0.700. The lowest BCUT2D eigenvalue weighted by atomic mass is 10.1. The molecule has 1 aromatic carbocycles. The molecule has 1 amide bonds. The zero-order valence-electron chi connectivity index (χ0n) is 11.6. The van der Waals surface area contributed by atoms with E-state index in [0.29, 0.717) is 30.2 Å². The van der Waals surface area contributed by atoms with Crippen molar-refractivity contribution >= 4 is 5.91 Å². The summed E-state index contributed by atoms with van der Waals surface area (Å²) in [6, 6.07) is 5.25. The summed E-state index contributed by atoms with van der Waals surface area (Å²) >= 11 is 0. The molecule has 0 saturated heterocycles. The number of hydrogen-bond donors (Lipinski definition) is 2. The number of benzene rings is 1. The Morgan fingerprint density at radius 1 is 1.21 bits per heavy atom. The van der Waals surface area contributed by atoms with Gasteiger partial charge in [-0.2, -0.15) is 0 Å². The zero-order valence-corrected chi connectivity index (χ0v) is 11.6. The lowest BCUT2D eigenvalue weighted by molar-refractivity contribution is 0.0949. The van der Waals surface area contributed by atoms with Crippen molar-refractivity contribution in [3.8, 4) is 11.5 Å². The smallest absolute Gasteiger partial charge is 0.255 e. The topological polar surface area (TPSA) is 73.6 Å². The van der Waals surface area contributed by atoms with Gasteiger partial charge in [-0.25, -0.2) is 0 Å². The van der Waals surface area contributed by atoms with Gasteiger partial charge in [0.1, 0.15) is 0 Å². The molecule has 0 aliphatic heterocycles. The van der Waals surface area contributed by atoms with Gasteiger partial charge in [0.25, 0.3) is 5.91 Å². The first kappa shape index (κ1) is 15.3. The van der Waals surface area contributed by atoms with E-state index in [0.717, 1.165) is 19.3 Å². The highest BCUT2D eigenvalue weighted by Gasteiger charge is 2.15. The van der Waals surface area contributed by atoms with E-state index in [1.165, 1.54) is 7.11 Å². The summed E-state index contributed by atoms with van der Waals surface area (Å²) in [5.74, 6) is 0.867. The Kier molecular flexibility index (Phi) is 6.74. The summed E-state index contributed by atoms with van der Waals surface area (Å²) in [4.78, 5) is 12.1. The van der Waals surface area contributed by atoms with Crippen LogP contribution in [0.25, 0.3) is 0 Å². The van der Waals surface area contributed by atoms with Gasteiger partial charge in [0, 0.05) is 6.54 Å². The first-order valence-electron chi connectivity index (χ1n) is 6.43. The Balaban J connectivity index is 2.61. The third-order valence-corrected chi connectivity index (χ3v) is 2.81. The minimum atomic E-state index is -0.150. The number of hydrogen-bond acceptors (Lipinski definition) is 4. The van der Waals surface area contributed by atoms with E-state index < -0.39 is 0 Å². The lowest BCUT2D eigenvalue weighted by Crippen LogP contribution is -2.25. The molecule has 3 N–H and O–H groups in total. The monoisotopic (exact) mass is 266 g/mol. The van der Waals surface area contributed by atoms with Gasteiger partial charge in [-0.3, -0.25) is 4.79 Å². The summed E-state index contributed by atoms with van der Waals surface area (Å²) in [5, 5.41) is 2.87. The van der Waals surface area contributed by atoms with Crippen LogP contribution in [0.3, 0.4) is 0 Å². The number of amides is 1. The van der Waals surface area contributed by atoms with Gasteiger partial charge < -0.3 is 20.5 Å². The second kappa shape index (κ2) is 8.37. The van der Waals surface area contributed by atoms with Crippen molar-refractivity contribution in [2.75, 3.05) is 27.3 Å². The van der Waals surface area contributed by atoms with Gasteiger partial charge in [0.05, 0.1) is 19.8 Å². The van der Waals surface area contributed by atoms with Crippen LogP contribution in [0.2, 0.25) is 0 Å². The van der Waals surface area contributed by atoms with Crippen LogP contribution < -0.4 is 20.5 Å². The summed E-state index contributed by atoms with van der Waals surface area (Å²) < 4.78 is 10.4. The third-order valence-electron chi connectivity index (χ3n) is 2.81. The molecule has 19 heavy (non-hydrogen) atoms. The second-order valence-corrected chi connectivity index (χ2v) is 4.15. The van der Waals surface area contributed by atoms with Crippen molar-refractivity contribution in [3.05, 3.63) is 23.8 Å². The molecular weight excluding hydrogens is 244 g/mol. The maximum Gasteiger partial charge on any atom is 0.255 e. The van der Waals surface area contributed by atoms with E-state index in [4.69, 9.17) is 15.2 Å². The maximum atomic E-state index is 12.1. The zero-order chi connectivity index (χ0) is 14.1. The number of ether oxygens (including phenoxy) is 2. The number of unbranched alkanes of at least 4 members (excludes halogenated alkanes) is 2. The average Bonchev–Trinajstić information content (AvgIpc) is 2.45. The van der Waals surface area contributed by atoms with Gasteiger partial charge in [0.2, 0.25) is 0 Å². The highest BCUT2D eigenvalue weighted by atomic mass is 16.5. The lowest BCUT2D eigenvalue weighted by Gasteiger charge is -2.12. The minimum Gasteiger partial charge on any atom is -0.493 e. The van der Waals surface area contributed by atoms with E-state index in [1.807, 2.05) is 0 Å². The van der Waals surface area contributed by atoms with E-state index in [2.05, 4.69) is 5.32 Å². The molecule has 1 aromatic rings. The van der Waals surface area contributed by atoms with E-state index in [9.17, 15) is 4.79 Å². The maximum absolute atomic E-state index is 12.1. The number of methoxy groups -OCH3 is 2. The molecular formula is C14H22N2O3. The summed E-state index contributed by atoms with van der Waals surface area (Å²) in [5.41, 5.74) is 5.90. The predicted octanol–water partition coefficient (Wildman–Crippen LogP) is 1.56. The molecule has 0 bridgehead atoms. The van der Waals surface area contributed by atoms with Gasteiger partial charge in [-0.15, -0.1) is 0 Å². The largest absolute Gasteiger partial charge is 0.493 e. The fourth-order valence-electron chi connectivity index (χ4n) is 1.81. The standard InChI is InChI=1S/C14H22N2O3/c1-18-12-8-6-7-11(13(12)19-2)14(17)16-10-5-3-4-9-15/h6-8H,3-5,9-10,15H2,1-2H3,(H,16,17). The SMILES string of the molecule is COc1cccc(C(=O)NCCCCCN)c1OC. The van der Waals surface area contributed by atoms with Crippen LogP contribution in [0.15, 0.2) is 18.2 Å². The molecule has 0 unspecified atom stereocenters.